The summed E-state index contributed by atoms with van der Waals surface area (Å²) in [7, 11) is 3.41. The van der Waals surface area contributed by atoms with Crippen molar-refractivity contribution in [1.29, 1.82) is 0 Å². The van der Waals surface area contributed by atoms with Gasteiger partial charge in [-0.05, 0) is 45.2 Å². The molecule has 1 aliphatic carbocycles. The van der Waals surface area contributed by atoms with Gasteiger partial charge in [0.2, 0.25) is 0 Å². The number of rotatable bonds is 6. The van der Waals surface area contributed by atoms with Crippen LogP contribution in [0.2, 0.25) is 0 Å². The molecule has 3 rings (SSSR count). The molecule has 0 heterocycles. The average molecular weight is 371 g/mol. The summed E-state index contributed by atoms with van der Waals surface area (Å²) < 4.78 is 17.3. The number of aryl methyl sites for hydroxylation is 1. The molecule has 138 valence electrons. The second kappa shape index (κ2) is 8.54. The van der Waals surface area contributed by atoms with E-state index >= 15 is 0 Å². The molecule has 0 saturated carbocycles. The van der Waals surface area contributed by atoms with E-state index in [-0.39, 0.29) is 0 Å². The summed E-state index contributed by atoms with van der Waals surface area (Å²) in [6.45, 7) is 4.27. The summed E-state index contributed by atoms with van der Waals surface area (Å²) in [5.74, 6) is 2.69. The van der Waals surface area contributed by atoms with E-state index in [0.29, 0.717) is 5.92 Å². The molecule has 4 heteroatoms. The van der Waals surface area contributed by atoms with E-state index in [1.54, 1.807) is 14.2 Å². The molecule has 2 aromatic carbocycles. The Bertz CT molecular complexity index is 755. The van der Waals surface area contributed by atoms with Gasteiger partial charge in [-0.2, -0.15) is 0 Å². The standard InChI is InChI=1S/C22H26O3S/c1-15-8-10-19(11-9-15)26-25-18-13-20(23-3)22(21(14-18)24-4)17-7-5-6-16(2)12-17/h8-14,17H,5-7H2,1-4H3. The van der Waals surface area contributed by atoms with Crippen LogP contribution in [0.3, 0.4) is 0 Å². The quantitative estimate of drug-likeness (QED) is 0.440. The molecule has 1 aliphatic rings. The third-order valence-electron chi connectivity index (χ3n) is 4.72. The lowest BCUT2D eigenvalue weighted by Crippen LogP contribution is -2.06. The van der Waals surface area contributed by atoms with Gasteiger partial charge in [-0.25, -0.2) is 0 Å². The van der Waals surface area contributed by atoms with Crippen LogP contribution in [0.15, 0.2) is 52.9 Å². The maximum Gasteiger partial charge on any atom is 0.145 e. The first kappa shape index (κ1) is 18.7. The molecule has 0 N–H and O–H groups in total. The van der Waals surface area contributed by atoms with Crippen LogP contribution < -0.4 is 13.7 Å². The number of methoxy groups -OCH3 is 2. The van der Waals surface area contributed by atoms with Crippen molar-refractivity contribution < 1.29 is 13.7 Å². The van der Waals surface area contributed by atoms with Gasteiger partial charge in [-0.15, -0.1) is 0 Å². The van der Waals surface area contributed by atoms with Gasteiger partial charge < -0.3 is 13.7 Å². The Morgan fingerprint density at radius 3 is 2.19 bits per heavy atom. The minimum Gasteiger partial charge on any atom is -0.496 e. The molecule has 1 atom stereocenters. The lowest BCUT2D eigenvalue weighted by molar-refractivity contribution is 0.377. The zero-order chi connectivity index (χ0) is 18.5. The second-order valence-corrected chi connectivity index (χ2v) is 7.54. The van der Waals surface area contributed by atoms with Crippen LogP contribution in [0, 0.1) is 6.92 Å². The van der Waals surface area contributed by atoms with Gasteiger partial charge in [-0.1, -0.05) is 29.3 Å². The van der Waals surface area contributed by atoms with Crippen LogP contribution in [-0.2, 0) is 0 Å². The summed E-state index contributed by atoms with van der Waals surface area (Å²) >= 11 is 1.34. The van der Waals surface area contributed by atoms with Crippen molar-refractivity contribution in [2.45, 2.75) is 43.9 Å². The Morgan fingerprint density at radius 2 is 1.62 bits per heavy atom. The van der Waals surface area contributed by atoms with Crippen LogP contribution in [0.5, 0.6) is 17.2 Å². The zero-order valence-corrected chi connectivity index (χ0v) is 16.7. The molecule has 26 heavy (non-hydrogen) atoms. The minimum absolute atomic E-state index is 0.326. The van der Waals surface area contributed by atoms with E-state index in [1.165, 1.54) is 36.0 Å². The smallest absolute Gasteiger partial charge is 0.145 e. The first-order chi connectivity index (χ1) is 12.6. The Kier molecular flexibility index (Phi) is 6.15. The second-order valence-electron chi connectivity index (χ2n) is 6.73. The number of hydrogen-bond donors (Lipinski definition) is 0. The van der Waals surface area contributed by atoms with Crippen molar-refractivity contribution in [1.82, 2.24) is 0 Å². The van der Waals surface area contributed by atoms with Gasteiger partial charge in [0, 0.05) is 28.5 Å². The molecule has 0 bridgehead atoms. The lowest BCUT2D eigenvalue weighted by atomic mass is 9.85. The van der Waals surface area contributed by atoms with Crippen LogP contribution in [0.1, 0.15) is 43.2 Å². The van der Waals surface area contributed by atoms with E-state index in [4.69, 9.17) is 13.7 Å². The summed E-state index contributed by atoms with van der Waals surface area (Å²) in [4.78, 5) is 1.06. The number of benzene rings is 2. The maximum atomic E-state index is 5.92. The van der Waals surface area contributed by atoms with Gasteiger partial charge >= 0.3 is 0 Å². The highest BCUT2D eigenvalue weighted by Gasteiger charge is 2.23. The molecule has 2 aromatic rings. The van der Waals surface area contributed by atoms with Crippen LogP contribution >= 0.6 is 12.0 Å². The Morgan fingerprint density at radius 1 is 0.962 bits per heavy atom. The highest BCUT2D eigenvalue weighted by atomic mass is 32.2. The van der Waals surface area contributed by atoms with Crippen molar-refractivity contribution in [2.75, 3.05) is 14.2 Å². The predicted octanol–water partition coefficient (Wildman–Crippen LogP) is 6.31. The zero-order valence-electron chi connectivity index (χ0n) is 15.9. The average Bonchev–Trinajstić information content (AvgIpc) is 2.66. The van der Waals surface area contributed by atoms with Crippen molar-refractivity contribution in [2.24, 2.45) is 0 Å². The molecule has 0 radical (unpaired) electrons. The van der Waals surface area contributed by atoms with Crippen molar-refractivity contribution in [3.63, 3.8) is 0 Å². The van der Waals surface area contributed by atoms with Gasteiger partial charge in [0.1, 0.15) is 17.2 Å². The normalized spacial score (nSPS) is 16.8. The highest BCUT2D eigenvalue weighted by molar-refractivity contribution is 7.95. The molecular formula is C22H26O3S. The van der Waals surface area contributed by atoms with Crippen molar-refractivity contribution in [3.05, 3.63) is 59.2 Å². The third-order valence-corrected chi connectivity index (χ3v) is 5.46. The molecule has 0 aromatic heterocycles. The molecule has 0 aliphatic heterocycles. The van der Waals surface area contributed by atoms with E-state index in [1.807, 2.05) is 12.1 Å². The van der Waals surface area contributed by atoms with Crippen LogP contribution in [0.25, 0.3) is 0 Å². The first-order valence-electron chi connectivity index (χ1n) is 8.95. The molecule has 0 fully saturated rings. The van der Waals surface area contributed by atoms with Crippen molar-refractivity contribution in [3.8, 4) is 17.2 Å². The molecule has 0 spiro atoms. The fraction of sp³-hybridized carbons (Fsp3) is 0.364. The minimum atomic E-state index is 0.326. The molecule has 0 amide bonds. The third kappa shape index (κ3) is 4.36. The maximum absolute atomic E-state index is 5.92. The fourth-order valence-electron chi connectivity index (χ4n) is 3.36. The number of allylic oxidation sites excluding steroid dienone is 2. The first-order valence-corrected chi connectivity index (χ1v) is 9.69. The topological polar surface area (TPSA) is 27.7 Å². The number of hydrogen-bond acceptors (Lipinski definition) is 4. The Hall–Kier alpha value is -2.07. The Labute approximate surface area is 160 Å². The van der Waals surface area contributed by atoms with E-state index in [0.717, 1.165) is 34.1 Å². The van der Waals surface area contributed by atoms with Gasteiger partial charge in [0.15, 0.2) is 0 Å². The molecule has 0 saturated heterocycles. The van der Waals surface area contributed by atoms with Crippen LogP contribution in [-0.4, -0.2) is 14.2 Å². The molecular weight excluding hydrogens is 344 g/mol. The summed E-state index contributed by atoms with van der Waals surface area (Å²) in [6, 6.07) is 12.2. The van der Waals surface area contributed by atoms with E-state index in [9.17, 15) is 0 Å². The van der Waals surface area contributed by atoms with Crippen molar-refractivity contribution >= 4 is 12.0 Å². The number of ether oxygens (including phenoxy) is 2. The largest absolute Gasteiger partial charge is 0.496 e. The summed E-state index contributed by atoms with van der Waals surface area (Å²) in [6.07, 6.45) is 5.82. The Balaban J connectivity index is 1.86. The highest BCUT2D eigenvalue weighted by Crippen LogP contribution is 2.44. The molecule has 3 nitrogen and oxygen atoms in total. The van der Waals surface area contributed by atoms with E-state index < -0.39 is 0 Å². The fourth-order valence-corrected chi connectivity index (χ4v) is 3.89. The summed E-state index contributed by atoms with van der Waals surface area (Å²) in [5.41, 5.74) is 3.78. The SMILES string of the molecule is COc1cc(OSc2ccc(C)cc2)cc(OC)c1C1C=C(C)CCC1. The van der Waals surface area contributed by atoms with Gasteiger partial charge in [0.05, 0.1) is 26.3 Å². The summed E-state index contributed by atoms with van der Waals surface area (Å²) in [5, 5.41) is 0. The lowest BCUT2D eigenvalue weighted by Gasteiger charge is -2.24. The van der Waals surface area contributed by atoms with Gasteiger partial charge in [-0.3, -0.25) is 0 Å². The van der Waals surface area contributed by atoms with Gasteiger partial charge in [0.25, 0.3) is 0 Å². The van der Waals surface area contributed by atoms with Crippen LogP contribution in [0.4, 0.5) is 0 Å². The van der Waals surface area contributed by atoms with E-state index in [2.05, 4.69) is 44.2 Å². The monoisotopic (exact) mass is 370 g/mol. The molecule has 1 unspecified atom stereocenters. The predicted molar refractivity (Wildman–Crippen MR) is 108 cm³/mol.